The minimum atomic E-state index is -0.852. The fraction of sp³-hybridized carbons (Fsp3) is 0.467. The summed E-state index contributed by atoms with van der Waals surface area (Å²) in [6, 6.07) is 15.4. The van der Waals surface area contributed by atoms with Crippen molar-refractivity contribution in [3.05, 3.63) is 60.2 Å². The Bertz CT molecular complexity index is 1180. The number of nitrogens with zero attached hydrogens (tertiary/aromatic N) is 1. The monoisotopic (exact) mass is 535 g/mol. The second-order valence-electron chi connectivity index (χ2n) is 11.2. The summed E-state index contributed by atoms with van der Waals surface area (Å²) in [5.74, 6) is -1.18. The topological polar surface area (TPSA) is 120 Å². The molecule has 0 saturated carbocycles. The van der Waals surface area contributed by atoms with Crippen LogP contribution < -0.4 is 21.3 Å². The first-order valence-electron chi connectivity index (χ1n) is 13.4. The Labute approximate surface area is 231 Å². The van der Waals surface area contributed by atoms with Crippen LogP contribution in [-0.2, 0) is 25.7 Å². The average Bonchev–Trinajstić information content (AvgIpc) is 3.32. The molecule has 0 spiro atoms. The second-order valence-corrected chi connectivity index (χ2v) is 11.2. The summed E-state index contributed by atoms with van der Waals surface area (Å²) in [6.07, 6.45) is 0.291. The number of likely N-dealkylation sites (tertiary alicyclic amines) is 1. The van der Waals surface area contributed by atoms with Crippen LogP contribution in [0.3, 0.4) is 0 Å². The zero-order chi connectivity index (χ0) is 28.7. The van der Waals surface area contributed by atoms with Crippen molar-refractivity contribution in [1.82, 2.24) is 26.2 Å². The summed E-state index contributed by atoms with van der Waals surface area (Å²) in [5.41, 5.74) is 2.45. The van der Waals surface area contributed by atoms with Crippen LogP contribution in [0, 0.1) is 5.41 Å². The predicted octanol–water partition coefficient (Wildman–Crippen LogP) is 2.21. The van der Waals surface area contributed by atoms with Crippen LogP contribution in [0.15, 0.2) is 54.6 Å². The third-order valence-electron chi connectivity index (χ3n) is 7.02. The largest absolute Gasteiger partial charge is 0.352 e. The van der Waals surface area contributed by atoms with Gasteiger partial charge in [-0.25, -0.2) is 0 Å². The van der Waals surface area contributed by atoms with E-state index in [9.17, 15) is 19.2 Å². The lowest BCUT2D eigenvalue weighted by molar-refractivity contribution is -0.144. The molecule has 1 aliphatic heterocycles. The molecule has 9 nitrogen and oxygen atoms in total. The lowest BCUT2D eigenvalue weighted by Crippen LogP contribution is -2.59. The number of hydrogen-bond donors (Lipinski definition) is 4. The number of rotatable bonds is 9. The molecule has 0 bridgehead atoms. The Hall–Kier alpha value is -3.72. The van der Waals surface area contributed by atoms with Gasteiger partial charge in [0.1, 0.15) is 12.1 Å². The first kappa shape index (κ1) is 29.8. The van der Waals surface area contributed by atoms with Crippen molar-refractivity contribution >= 4 is 23.6 Å². The summed E-state index contributed by atoms with van der Waals surface area (Å²) >= 11 is 0. The smallest absolute Gasteiger partial charge is 0.246 e. The highest BCUT2D eigenvalue weighted by atomic mass is 16.2. The molecule has 4 amide bonds. The molecule has 39 heavy (non-hydrogen) atoms. The second kappa shape index (κ2) is 12.9. The zero-order valence-electron chi connectivity index (χ0n) is 23.7. The van der Waals surface area contributed by atoms with Gasteiger partial charge in [0.25, 0.3) is 0 Å². The van der Waals surface area contributed by atoms with Crippen LogP contribution in [0.2, 0.25) is 0 Å². The first-order valence-corrected chi connectivity index (χ1v) is 13.4. The van der Waals surface area contributed by atoms with E-state index in [-0.39, 0.29) is 36.2 Å². The van der Waals surface area contributed by atoms with Gasteiger partial charge in [0.15, 0.2) is 0 Å². The molecular weight excluding hydrogens is 494 g/mol. The van der Waals surface area contributed by atoms with Crippen molar-refractivity contribution in [3.8, 4) is 11.1 Å². The van der Waals surface area contributed by atoms with E-state index in [1.807, 2.05) is 75.4 Å². The molecule has 0 aliphatic carbocycles. The quantitative estimate of drug-likeness (QED) is 0.393. The van der Waals surface area contributed by atoms with E-state index in [4.69, 9.17) is 0 Å². The summed E-state index contributed by atoms with van der Waals surface area (Å²) < 4.78 is 0. The fourth-order valence-corrected chi connectivity index (χ4v) is 4.73. The molecule has 210 valence electrons. The van der Waals surface area contributed by atoms with E-state index in [1.54, 1.807) is 14.0 Å². The molecule has 4 atom stereocenters. The van der Waals surface area contributed by atoms with Crippen LogP contribution in [0.1, 0.15) is 46.6 Å². The van der Waals surface area contributed by atoms with E-state index >= 15 is 0 Å². The normalized spacial score (nSPS) is 18.7. The maximum atomic E-state index is 13.9. The van der Waals surface area contributed by atoms with Gasteiger partial charge in [0.2, 0.25) is 23.6 Å². The molecular formula is C30H41N5O4. The highest BCUT2D eigenvalue weighted by Gasteiger charge is 2.45. The van der Waals surface area contributed by atoms with E-state index in [0.29, 0.717) is 13.0 Å². The fourth-order valence-electron chi connectivity index (χ4n) is 4.73. The molecule has 1 saturated heterocycles. The molecule has 3 rings (SSSR count). The van der Waals surface area contributed by atoms with Gasteiger partial charge >= 0.3 is 0 Å². The van der Waals surface area contributed by atoms with Crippen molar-refractivity contribution < 1.29 is 19.2 Å². The molecule has 9 heteroatoms. The Morgan fingerprint density at radius 1 is 1.00 bits per heavy atom. The number of nitrogens with one attached hydrogen (secondary N) is 4. The SMILES string of the molecule is CN[C@@H](C)C(=O)N[C@H](C(=O)N1C[C@@H](NC(C)=O)C[C@H]1C(=O)NCc1cccc(-c2ccccc2)c1)C(C)(C)C. The molecule has 0 radical (unpaired) electrons. The molecule has 2 aromatic rings. The van der Waals surface area contributed by atoms with Gasteiger partial charge in [-0.05, 0) is 48.6 Å². The number of hydrogen-bond acceptors (Lipinski definition) is 5. The summed E-state index contributed by atoms with van der Waals surface area (Å²) in [5, 5.41) is 11.6. The number of likely N-dealkylation sites (N-methyl/N-ethyl adjacent to an activating group) is 1. The molecule has 1 heterocycles. The Kier molecular flexibility index (Phi) is 9.86. The van der Waals surface area contributed by atoms with Crippen molar-refractivity contribution in [2.24, 2.45) is 5.41 Å². The molecule has 1 fully saturated rings. The lowest BCUT2D eigenvalue weighted by Gasteiger charge is -2.36. The van der Waals surface area contributed by atoms with Crippen LogP contribution in [0.5, 0.6) is 0 Å². The van der Waals surface area contributed by atoms with Crippen molar-refractivity contribution in [3.63, 3.8) is 0 Å². The third-order valence-corrected chi connectivity index (χ3v) is 7.02. The van der Waals surface area contributed by atoms with Gasteiger partial charge in [-0.3, -0.25) is 19.2 Å². The highest BCUT2D eigenvalue weighted by Crippen LogP contribution is 2.27. The van der Waals surface area contributed by atoms with E-state index in [2.05, 4.69) is 21.3 Å². The Balaban J connectivity index is 1.79. The zero-order valence-corrected chi connectivity index (χ0v) is 23.7. The number of benzene rings is 2. The summed E-state index contributed by atoms with van der Waals surface area (Å²) in [6.45, 7) is 9.22. The maximum absolute atomic E-state index is 13.9. The predicted molar refractivity (Wildman–Crippen MR) is 151 cm³/mol. The summed E-state index contributed by atoms with van der Waals surface area (Å²) in [4.78, 5) is 53.3. The number of carbonyl (C=O) groups is 4. The van der Waals surface area contributed by atoms with Gasteiger partial charge in [0, 0.05) is 26.1 Å². The summed E-state index contributed by atoms with van der Waals surface area (Å²) in [7, 11) is 1.67. The van der Waals surface area contributed by atoms with Gasteiger partial charge in [-0.1, -0.05) is 69.3 Å². The van der Waals surface area contributed by atoms with Crippen LogP contribution in [-0.4, -0.2) is 66.3 Å². The molecule has 4 N–H and O–H groups in total. The maximum Gasteiger partial charge on any atom is 0.246 e. The average molecular weight is 536 g/mol. The van der Waals surface area contributed by atoms with Gasteiger partial charge < -0.3 is 26.2 Å². The number of carbonyl (C=O) groups excluding carboxylic acids is 4. The Morgan fingerprint density at radius 3 is 2.28 bits per heavy atom. The minimum Gasteiger partial charge on any atom is -0.352 e. The van der Waals surface area contributed by atoms with Crippen LogP contribution in [0.4, 0.5) is 0 Å². The molecule has 2 aromatic carbocycles. The Morgan fingerprint density at radius 2 is 1.67 bits per heavy atom. The third kappa shape index (κ3) is 7.89. The lowest BCUT2D eigenvalue weighted by atomic mass is 9.85. The van der Waals surface area contributed by atoms with Crippen LogP contribution in [0.25, 0.3) is 11.1 Å². The first-order chi connectivity index (χ1) is 18.4. The van der Waals surface area contributed by atoms with E-state index in [1.165, 1.54) is 11.8 Å². The van der Waals surface area contributed by atoms with Crippen LogP contribution >= 0.6 is 0 Å². The number of amides is 4. The van der Waals surface area contributed by atoms with Crippen molar-refractivity contribution in [2.45, 2.75) is 71.8 Å². The molecule has 0 unspecified atom stereocenters. The van der Waals surface area contributed by atoms with Gasteiger partial charge in [-0.15, -0.1) is 0 Å². The molecule has 0 aromatic heterocycles. The van der Waals surface area contributed by atoms with E-state index < -0.39 is 23.5 Å². The van der Waals surface area contributed by atoms with Gasteiger partial charge in [-0.2, -0.15) is 0 Å². The van der Waals surface area contributed by atoms with E-state index in [0.717, 1.165) is 16.7 Å². The highest BCUT2D eigenvalue weighted by molar-refractivity contribution is 5.94. The minimum absolute atomic E-state index is 0.185. The van der Waals surface area contributed by atoms with Gasteiger partial charge in [0.05, 0.1) is 6.04 Å². The van der Waals surface area contributed by atoms with Crippen molar-refractivity contribution in [1.29, 1.82) is 0 Å². The standard InChI is InChI=1S/C30H41N5O4/c1-19(31-6)27(37)34-26(30(3,4)5)29(39)35-18-24(33-20(2)36)16-25(35)28(38)32-17-21-11-10-14-23(15-21)22-12-8-7-9-13-22/h7-15,19,24-26,31H,16-18H2,1-6H3,(H,32,38)(H,33,36)(H,34,37)/t19-,24-,25-,26+/m0/s1. The van der Waals surface area contributed by atoms with Crippen molar-refractivity contribution in [2.75, 3.05) is 13.6 Å². The molecule has 1 aliphatic rings.